The molecule has 1 aromatic carbocycles. The normalized spacial score (nSPS) is 11.9. The van der Waals surface area contributed by atoms with E-state index in [1.54, 1.807) is 24.3 Å². The fourth-order valence-corrected chi connectivity index (χ4v) is 1.42. The lowest BCUT2D eigenvalue weighted by Crippen LogP contribution is -2.36. The Morgan fingerprint density at radius 3 is 2.56 bits per heavy atom. The minimum atomic E-state index is -0.359. The number of hydrogen-bond donors (Lipinski definition) is 4. The molecule has 0 bridgehead atoms. The molecule has 1 atom stereocenters. The van der Waals surface area contributed by atoms with E-state index in [1.807, 2.05) is 6.92 Å². The molecule has 0 aliphatic carbocycles. The Balaban J connectivity index is 2.19. The summed E-state index contributed by atoms with van der Waals surface area (Å²) in [4.78, 5) is 11.4. The number of hydrogen-bond acceptors (Lipinski definition) is 3. The van der Waals surface area contributed by atoms with Crippen LogP contribution in [0.15, 0.2) is 24.3 Å². The Hall–Kier alpha value is -1.75. The maximum Gasteiger partial charge on any atom is 0.315 e. The molecule has 0 saturated carbocycles. The highest BCUT2D eigenvalue weighted by atomic mass is 16.3. The van der Waals surface area contributed by atoms with Gasteiger partial charge in [-0.2, -0.15) is 0 Å². The van der Waals surface area contributed by atoms with Gasteiger partial charge in [-0.3, -0.25) is 0 Å². The van der Waals surface area contributed by atoms with Gasteiger partial charge in [0.25, 0.3) is 0 Å². The first-order valence-electron chi connectivity index (χ1n) is 6.09. The topological polar surface area (TPSA) is 81.6 Å². The van der Waals surface area contributed by atoms with Gasteiger partial charge < -0.3 is 20.8 Å². The van der Waals surface area contributed by atoms with Gasteiger partial charge in [0, 0.05) is 13.1 Å². The molecule has 5 nitrogen and oxygen atoms in total. The number of amides is 2. The van der Waals surface area contributed by atoms with Crippen molar-refractivity contribution in [2.45, 2.75) is 32.4 Å². The molecule has 0 aliphatic heterocycles. The monoisotopic (exact) mass is 252 g/mol. The van der Waals surface area contributed by atoms with Crippen LogP contribution in [0.3, 0.4) is 0 Å². The second-order valence-corrected chi connectivity index (χ2v) is 4.13. The van der Waals surface area contributed by atoms with E-state index in [-0.39, 0.29) is 17.9 Å². The summed E-state index contributed by atoms with van der Waals surface area (Å²) in [5.41, 5.74) is 0.913. The van der Waals surface area contributed by atoms with Crippen LogP contribution in [-0.4, -0.2) is 28.9 Å². The fourth-order valence-electron chi connectivity index (χ4n) is 1.42. The molecule has 1 aromatic rings. The van der Waals surface area contributed by atoms with Crippen LogP contribution in [0.5, 0.6) is 5.75 Å². The number of urea groups is 1. The van der Waals surface area contributed by atoms with Crippen molar-refractivity contribution >= 4 is 6.03 Å². The molecule has 18 heavy (non-hydrogen) atoms. The molecule has 1 rings (SSSR count). The first-order chi connectivity index (χ1) is 8.61. The van der Waals surface area contributed by atoms with Crippen LogP contribution in [0.2, 0.25) is 0 Å². The number of aromatic hydroxyl groups is 1. The third-order valence-electron chi connectivity index (χ3n) is 2.62. The van der Waals surface area contributed by atoms with E-state index in [0.717, 1.165) is 5.56 Å². The van der Waals surface area contributed by atoms with E-state index in [1.165, 1.54) is 0 Å². The highest BCUT2D eigenvalue weighted by Crippen LogP contribution is 2.08. The summed E-state index contributed by atoms with van der Waals surface area (Å²) < 4.78 is 0. The van der Waals surface area contributed by atoms with E-state index >= 15 is 0 Å². The number of carbonyl (C=O) groups excluding carboxylic acids is 1. The number of rotatable bonds is 6. The molecule has 4 N–H and O–H groups in total. The minimum Gasteiger partial charge on any atom is -0.508 e. The van der Waals surface area contributed by atoms with Gasteiger partial charge in [0.2, 0.25) is 0 Å². The first kappa shape index (κ1) is 14.3. The number of carbonyl (C=O) groups is 1. The largest absolute Gasteiger partial charge is 0.508 e. The first-order valence-corrected chi connectivity index (χ1v) is 6.09. The number of benzene rings is 1. The van der Waals surface area contributed by atoms with E-state index in [2.05, 4.69) is 10.6 Å². The zero-order chi connectivity index (χ0) is 13.4. The van der Waals surface area contributed by atoms with Crippen LogP contribution in [0.25, 0.3) is 0 Å². The Morgan fingerprint density at radius 1 is 1.28 bits per heavy atom. The number of aliphatic hydroxyl groups excluding tert-OH is 1. The van der Waals surface area contributed by atoms with Crippen LogP contribution in [0.4, 0.5) is 4.79 Å². The van der Waals surface area contributed by atoms with Gasteiger partial charge in [0.05, 0.1) is 6.10 Å². The Kier molecular flexibility index (Phi) is 6.00. The van der Waals surface area contributed by atoms with Crippen molar-refractivity contribution in [2.75, 3.05) is 6.54 Å². The maximum atomic E-state index is 11.4. The number of nitrogens with one attached hydrogen (secondary N) is 2. The average Bonchev–Trinajstić information content (AvgIpc) is 2.38. The Bertz CT molecular complexity index is 365. The summed E-state index contributed by atoms with van der Waals surface area (Å²) in [7, 11) is 0. The smallest absolute Gasteiger partial charge is 0.315 e. The van der Waals surface area contributed by atoms with E-state index < -0.39 is 0 Å². The fraction of sp³-hybridized carbons (Fsp3) is 0.462. The molecular weight excluding hydrogens is 232 g/mol. The summed E-state index contributed by atoms with van der Waals surface area (Å²) >= 11 is 0. The zero-order valence-electron chi connectivity index (χ0n) is 10.5. The predicted octanol–water partition coefficient (Wildman–Crippen LogP) is 1.35. The SMILES string of the molecule is CCC(O)CCNC(=O)NCc1ccc(O)cc1. The van der Waals surface area contributed by atoms with Gasteiger partial charge in [-0.1, -0.05) is 19.1 Å². The molecule has 2 amide bonds. The van der Waals surface area contributed by atoms with Crippen molar-refractivity contribution in [1.82, 2.24) is 10.6 Å². The Morgan fingerprint density at radius 2 is 1.94 bits per heavy atom. The average molecular weight is 252 g/mol. The summed E-state index contributed by atoms with van der Waals surface area (Å²) in [6.07, 6.45) is 0.891. The lowest BCUT2D eigenvalue weighted by Gasteiger charge is -2.10. The third kappa shape index (κ3) is 5.54. The van der Waals surface area contributed by atoms with Gasteiger partial charge in [0.1, 0.15) is 5.75 Å². The van der Waals surface area contributed by atoms with Crippen molar-refractivity contribution in [3.63, 3.8) is 0 Å². The maximum absolute atomic E-state index is 11.4. The number of aliphatic hydroxyl groups is 1. The van der Waals surface area contributed by atoms with Crippen LogP contribution < -0.4 is 10.6 Å². The van der Waals surface area contributed by atoms with Gasteiger partial charge in [-0.25, -0.2) is 4.79 Å². The van der Waals surface area contributed by atoms with E-state index in [9.17, 15) is 9.90 Å². The molecule has 100 valence electrons. The van der Waals surface area contributed by atoms with Crippen LogP contribution >= 0.6 is 0 Å². The second kappa shape index (κ2) is 7.55. The van der Waals surface area contributed by atoms with Crippen LogP contribution in [-0.2, 0) is 6.54 Å². The Labute approximate surface area is 107 Å². The van der Waals surface area contributed by atoms with Crippen LogP contribution in [0.1, 0.15) is 25.3 Å². The highest BCUT2D eigenvalue weighted by molar-refractivity contribution is 5.73. The predicted molar refractivity (Wildman–Crippen MR) is 69.3 cm³/mol. The second-order valence-electron chi connectivity index (χ2n) is 4.13. The molecule has 0 heterocycles. The van der Waals surface area contributed by atoms with Crippen molar-refractivity contribution in [1.29, 1.82) is 0 Å². The van der Waals surface area contributed by atoms with Crippen molar-refractivity contribution < 1.29 is 15.0 Å². The van der Waals surface area contributed by atoms with Gasteiger partial charge >= 0.3 is 6.03 Å². The summed E-state index contributed by atoms with van der Waals surface area (Å²) in [5, 5.41) is 23.8. The molecule has 0 aliphatic rings. The molecule has 0 spiro atoms. The highest BCUT2D eigenvalue weighted by Gasteiger charge is 2.03. The standard InChI is InChI=1S/C13H20N2O3/c1-2-11(16)7-8-14-13(18)15-9-10-3-5-12(17)6-4-10/h3-6,11,16-17H,2,7-9H2,1H3,(H2,14,15,18). The van der Waals surface area contributed by atoms with Gasteiger partial charge in [0.15, 0.2) is 0 Å². The summed E-state index contributed by atoms with van der Waals surface area (Å²) in [6.45, 7) is 2.76. The van der Waals surface area contributed by atoms with E-state index in [4.69, 9.17) is 5.11 Å². The molecule has 0 radical (unpaired) electrons. The molecule has 1 unspecified atom stereocenters. The van der Waals surface area contributed by atoms with Gasteiger partial charge in [-0.15, -0.1) is 0 Å². The lowest BCUT2D eigenvalue weighted by molar-refractivity contribution is 0.160. The minimum absolute atomic E-state index is 0.205. The molecule has 5 heteroatoms. The summed E-state index contributed by atoms with van der Waals surface area (Å²) in [5.74, 6) is 0.205. The van der Waals surface area contributed by atoms with Crippen molar-refractivity contribution in [3.05, 3.63) is 29.8 Å². The number of phenolic OH excluding ortho intramolecular Hbond substituents is 1. The van der Waals surface area contributed by atoms with Gasteiger partial charge in [-0.05, 0) is 30.5 Å². The van der Waals surface area contributed by atoms with Crippen molar-refractivity contribution in [3.8, 4) is 5.75 Å². The van der Waals surface area contributed by atoms with Crippen molar-refractivity contribution in [2.24, 2.45) is 0 Å². The van der Waals surface area contributed by atoms with E-state index in [0.29, 0.717) is 25.9 Å². The third-order valence-corrected chi connectivity index (χ3v) is 2.62. The zero-order valence-corrected chi connectivity index (χ0v) is 10.5. The quantitative estimate of drug-likeness (QED) is 0.617. The molecule has 0 fully saturated rings. The summed E-state index contributed by atoms with van der Waals surface area (Å²) in [6, 6.07) is 6.39. The number of phenols is 1. The molecule has 0 saturated heterocycles. The molecule has 0 aromatic heterocycles. The lowest BCUT2D eigenvalue weighted by atomic mass is 10.2. The molecular formula is C13H20N2O3. The van der Waals surface area contributed by atoms with Crippen LogP contribution in [0, 0.1) is 0 Å².